The number of nitrogens with one attached hydrogen (secondary N) is 1. The Balaban J connectivity index is 1.94. The molecular formula is C17H20ClN3. The summed E-state index contributed by atoms with van der Waals surface area (Å²) in [6.07, 6.45) is 3.76. The van der Waals surface area contributed by atoms with Crippen LogP contribution in [0.15, 0.2) is 36.5 Å². The maximum Gasteiger partial charge on any atom is 0.128 e. The molecule has 4 heteroatoms. The number of nitrogens with zero attached hydrogens (tertiary/aromatic N) is 1. The molecule has 1 aromatic heterocycles. The molecule has 1 heterocycles. The van der Waals surface area contributed by atoms with Crippen molar-refractivity contribution in [2.24, 2.45) is 0 Å². The minimum absolute atomic E-state index is 0.172. The second-order valence-corrected chi connectivity index (χ2v) is 6.01. The molecule has 0 radical (unpaired) electrons. The first kappa shape index (κ1) is 14.4. The number of aromatic nitrogens is 1. The Morgan fingerprint density at radius 1 is 1.43 bits per heavy atom. The highest BCUT2D eigenvalue weighted by atomic mass is 35.5. The minimum atomic E-state index is 0.172. The Kier molecular flexibility index (Phi) is 4.13. The normalized spacial score (nSPS) is 17.9. The van der Waals surface area contributed by atoms with Crippen LogP contribution in [-0.2, 0) is 6.42 Å². The van der Waals surface area contributed by atoms with Crippen LogP contribution in [0, 0.1) is 0 Å². The topological polar surface area (TPSA) is 50.9 Å². The van der Waals surface area contributed by atoms with E-state index in [4.69, 9.17) is 17.3 Å². The van der Waals surface area contributed by atoms with Gasteiger partial charge in [-0.05, 0) is 36.6 Å². The van der Waals surface area contributed by atoms with Gasteiger partial charge >= 0.3 is 0 Å². The summed E-state index contributed by atoms with van der Waals surface area (Å²) in [4.78, 5) is 4.21. The number of hydrogen-bond acceptors (Lipinski definition) is 3. The Labute approximate surface area is 130 Å². The van der Waals surface area contributed by atoms with E-state index >= 15 is 0 Å². The Morgan fingerprint density at radius 3 is 3.00 bits per heavy atom. The minimum Gasteiger partial charge on any atom is -0.383 e. The fourth-order valence-corrected chi connectivity index (χ4v) is 3.24. The maximum absolute atomic E-state index is 6.12. The lowest BCUT2D eigenvalue weighted by Crippen LogP contribution is -2.34. The average molecular weight is 302 g/mol. The van der Waals surface area contributed by atoms with E-state index in [-0.39, 0.29) is 6.04 Å². The number of rotatable bonds is 5. The third-order valence-corrected chi connectivity index (χ3v) is 4.37. The molecule has 0 amide bonds. The van der Waals surface area contributed by atoms with E-state index in [1.165, 1.54) is 11.1 Å². The second kappa shape index (κ2) is 6.04. The lowest BCUT2D eigenvalue weighted by molar-refractivity contribution is 0.412. The highest BCUT2D eigenvalue weighted by Crippen LogP contribution is 2.44. The van der Waals surface area contributed by atoms with Crippen molar-refractivity contribution < 1.29 is 0 Å². The van der Waals surface area contributed by atoms with E-state index in [1.54, 1.807) is 6.20 Å². The summed E-state index contributed by atoms with van der Waals surface area (Å²) in [5.41, 5.74) is 9.94. The van der Waals surface area contributed by atoms with E-state index in [0.717, 1.165) is 24.9 Å². The zero-order valence-corrected chi connectivity index (χ0v) is 12.9. The van der Waals surface area contributed by atoms with Gasteiger partial charge in [0.15, 0.2) is 0 Å². The summed E-state index contributed by atoms with van der Waals surface area (Å²) in [5.74, 6) is 1.01. The predicted molar refractivity (Wildman–Crippen MR) is 87.6 cm³/mol. The quantitative estimate of drug-likeness (QED) is 0.885. The summed E-state index contributed by atoms with van der Waals surface area (Å²) in [6, 6.07) is 10.7. The van der Waals surface area contributed by atoms with Gasteiger partial charge in [-0.2, -0.15) is 0 Å². The van der Waals surface area contributed by atoms with E-state index in [9.17, 15) is 0 Å². The van der Waals surface area contributed by atoms with Crippen LogP contribution in [0.4, 0.5) is 5.82 Å². The van der Waals surface area contributed by atoms with Crippen LogP contribution < -0.4 is 11.1 Å². The van der Waals surface area contributed by atoms with Crippen molar-refractivity contribution in [1.29, 1.82) is 0 Å². The standard InChI is InChI=1S/C17H20ClN3/c1-2-7-20-16(15-9-12(18)10-21-17(15)19)14-8-11-5-3-4-6-13(11)14/h3-6,9-10,14,16,20H,2,7-8H2,1H3,(H2,19,21). The van der Waals surface area contributed by atoms with Crippen LogP contribution >= 0.6 is 11.6 Å². The molecular weight excluding hydrogens is 282 g/mol. The van der Waals surface area contributed by atoms with Gasteiger partial charge in [-0.15, -0.1) is 0 Å². The molecule has 2 atom stereocenters. The van der Waals surface area contributed by atoms with E-state index in [2.05, 4.69) is 41.5 Å². The smallest absolute Gasteiger partial charge is 0.128 e. The molecule has 21 heavy (non-hydrogen) atoms. The zero-order valence-electron chi connectivity index (χ0n) is 12.1. The van der Waals surface area contributed by atoms with Crippen LogP contribution in [0.1, 0.15) is 42.0 Å². The molecule has 3 rings (SSSR count). The van der Waals surface area contributed by atoms with Crippen molar-refractivity contribution in [1.82, 2.24) is 10.3 Å². The van der Waals surface area contributed by atoms with Gasteiger partial charge < -0.3 is 11.1 Å². The third-order valence-electron chi connectivity index (χ3n) is 4.16. The number of pyridine rings is 1. The molecule has 0 saturated heterocycles. The van der Waals surface area contributed by atoms with Gasteiger partial charge in [0.25, 0.3) is 0 Å². The summed E-state index contributed by atoms with van der Waals surface area (Å²) >= 11 is 6.12. The molecule has 0 fully saturated rings. The largest absolute Gasteiger partial charge is 0.383 e. The highest BCUT2D eigenvalue weighted by molar-refractivity contribution is 6.30. The summed E-state index contributed by atoms with van der Waals surface area (Å²) in [6.45, 7) is 3.12. The molecule has 3 N–H and O–H groups in total. The van der Waals surface area contributed by atoms with Crippen molar-refractivity contribution in [3.8, 4) is 0 Å². The lowest BCUT2D eigenvalue weighted by Gasteiger charge is -2.37. The van der Waals surface area contributed by atoms with Gasteiger partial charge in [0.1, 0.15) is 5.82 Å². The molecule has 0 bridgehead atoms. The molecule has 1 aliphatic carbocycles. The van der Waals surface area contributed by atoms with E-state index < -0.39 is 0 Å². The number of fused-ring (bicyclic) bond motifs is 1. The first-order valence-corrected chi connectivity index (χ1v) is 7.80. The zero-order chi connectivity index (χ0) is 14.8. The van der Waals surface area contributed by atoms with Gasteiger partial charge in [0, 0.05) is 23.7 Å². The van der Waals surface area contributed by atoms with Crippen molar-refractivity contribution >= 4 is 17.4 Å². The van der Waals surface area contributed by atoms with Crippen LogP contribution in [0.2, 0.25) is 5.02 Å². The van der Waals surface area contributed by atoms with Crippen LogP contribution in [0.3, 0.4) is 0 Å². The first-order chi connectivity index (χ1) is 10.2. The Morgan fingerprint density at radius 2 is 2.24 bits per heavy atom. The van der Waals surface area contributed by atoms with Crippen LogP contribution in [0.5, 0.6) is 0 Å². The number of nitrogens with two attached hydrogens (primary N) is 1. The molecule has 0 saturated carbocycles. The number of halogens is 1. The molecule has 0 spiro atoms. The van der Waals surface area contributed by atoms with Gasteiger partial charge in [0.2, 0.25) is 0 Å². The molecule has 110 valence electrons. The molecule has 2 aromatic rings. The Hall–Kier alpha value is -1.58. The maximum atomic E-state index is 6.12. The van der Waals surface area contributed by atoms with Crippen molar-refractivity contribution in [3.63, 3.8) is 0 Å². The van der Waals surface area contributed by atoms with Gasteiger partial charge in [-0.25, -0.2) is 4.98 Å². The molecule has 1 aromatic carbocycles. The van der Waals surface area contributed by atoms with E-state index in [1.807, 2.05) is 6.07 Å². The van der Waals surface area contributed by atoms with Crippen molar-refractivity contribution in [2.45, 2.75) is 31.7 Å². The molecule has 3 nitrogen and oxygen atoms in total. The van der Waals surface area contributed by atoms with Gasteiger partial charge in [0.05, 0.1) is 5.02 Å². The predicted octanol–water partition coefficient (Wildman–Crippen LogP) is 3.70. The number of anilines is 1. The highest BCUT2D eigenvalue weighted by Gasteiger charge is 2.34. The molecule has 2 unspecified atom stereocenters. The second-order valence-electron chi connectivity index (χ2n) is 5.57. The summed E-state index contributed by atoms with van der Waals surface area (Å²) in [5, 5.41) is 4.25. The fourth-order valence-electron chi connectivity index (χ4n) is 3.08. The van der Waals surface area contributed by atoms with Crippen molar-refractivity contribution in [2.75, 3.05) is 12.3 Å². The van der Waals surface area contributed by atoms with E-state index in [0.29, 0.717) is 16.8 Å². The summed E-state index contributed by atoms with van der Waals surface area (Å²) in [7, 11) is 0. The third kappa shape index (κ3) is 2.76. The Bertz CT molecular complexity index is 642. The van der Waals surface area contributed by atoms with Crippen molar-refractivity contribution in [3.05, 3.63) is 58.2 Å². The van der Waals surface area contributed by atoms with Crippen LogP contribution in [0.25, 0.3) is 0 Å². The monoisotopic (exact) mass is 301 g/mol. The van der Waals surface area contributed by atoms with Gasteiger partial charge in [-0.1, -0.05) is 42.8 Å². The molecule has 1 aliphatic rings. The lowest BCUT2D eigenvalue weighted by atomic mass is 9.71. The number of nitrogen functional groups attached to an aromatic ring is 1. The SMILES string of the molecule is CCCNC(c1cc(Cl)cnc1N)C1Cc2ccccc21. The average Bonchev–Trinajstić information content (AvgIpc) is 2.46. The summed E-state index contributed by atoms with van der Waals surface area (Å²) < 4.78 is 0. The number of hydrogen-bond donors (Lipinski definition) is 2. The molecule has 0 aliphatic heterocycles. The number of benzene rings is 1. The fraction of sp³-hybridized carbons (Fsp3) is 0.353. The first-order valence-electron chi connectivity index (χ1n) is 7.42. The van der Waals surface area contributed by atoms with Crippen LogP contribution in [-0.4, -0.2) is 11.5 Å². The van der Waals surface area contributed by atoms with Gasteiger partial charge in [-0.3, -0.25) is 0 Å².